The molecule has 2 amide bonds. The maximum absolute atomic E-state index is 11.7. The molecule has 0 aromatic rings. The molecule has 1 heterocycles. The molecule has 122 valence electrons. The Morgan fingerprint density at radius 1 is 1.14 bits per heavy atom. The van der Waals surface area contributed by atoms with Gasteiger partial charge < -0.3 is 20.4 Å². The summed E-state index contributed by atoms with van der Waals surface area (Å²) in [5, 5.41) is 6.00. The fraction of sp³-hybridized carbons (Fsp3) is 0.938. The van der Waals surface area contributed by atoms with E-state index in [0.29, 0.717) is 6.04 Å². The van der Waals surface area contributed by atoms with Crippen molar-refractivity contribution in [3.63, 3.8) is 0 Å². The third-order valence-electron chi connectivity index (χ3n) is 4.79. The number of amides is 2. The van der Waals surface area contributed by atoms with Gasteiger partial charge in [0.05, 0.1) is 0 Å². The highest BCUT2D eigenvalue weighted by Gasteiger charge is 2.28. The van der Waals surface area contributed by atoms with Crippen LogP contribution in [0.5, 0.6) is 0 Å². The number of urea groups is 1. The van der Waals surface area contributed by atoms with Crippen molar-refractivity contribution in [3.05, 3.63) is 0 Å². The topological polar surface area (TPSA) is 47.6 Å². The summed E-state index contributed by atoms with van der Waals surface area (Å²) in [6, 6.07) is 0.339. The van der Waals surface area contributed by atoms with E-state index in [4.69, 9.17) is 0 Å². The molecule has 1 saturated heterocycles. The van der Waals surface area contributed by atoms with Crippen molar-refractivity contribution in [1.82, 2.24) is 20.4 Å². The summed E-state index contributed by atoms with van der Waals surface area (Å²) >= 11 is 0. The molecule has 1 aliphatic heterocycles. The van der Waals surface area contributed by atoms with Crippen LogP contribution in [0.1, 0.15) is 39.5 Å². The number of carbonyl (C=O) groups is 1. The molecule has 2 aliphatic rings. The SMILES string of the molecule is CCN1CCN(CCCCNC(=O)NC(C)C2CC2)CC1. The Bertz CT molecular complexity index is 311. The van der Waals surface area contributed by atoms with Crippen LogP contribution in [-0.2, 0) is 0 Å². The van der Waals surface area contributed by atoms with E-state index in [-0.39, 0.29) is 6.03 Å². The Balaban J connectivity index is 1.43. The van der Waals surface area contributed by atoms with Gasteiger partial charge in [0.1, 0.15) is 0 Å². The molecule has 2 fully saturated rings. The van der Waals surface area contributed by atoms with E-state index in [0.717, 1.165) is 18.9 Å². The largest absolute Gasteiger partial charge is 0.338 e. The third-order valence-corrected chi connectivity index (χ3v) is 4.79. The number of piperazine rings is 1. The number of carbonyl (C=O) groups excluding carboxylic acids is 1. The minimum Gasteiger partial charge on any atom is -0.338 e. The van der Waals surface area contributed by atoms with Crippen molar-refractivity contribution in [2.45, 2.75) is 45.6 Å². The van der Waals surface area contributed by atoms with Crippen LogP contribution >= 0.6 is 0 Å². The zero-order valence-electron chi connectivity index (χ0n) is 13.7. The number of nitrogens with zero attached hydrogens (tertiary/aromatic N) is 2. The molecule has 1 aliphatic carbocycles. The third kappa shape index (κ3) is 6.22. The predicted octanol–water partition coefficient (Wildman–Crippen LogP) is 1.50. The predicted molar refractivity (Wildman–Crippen MR) is 86.5 cm³/mol. The Kier molecular flexibility index (Phi) is 6.77. The number of nitrogens with one attached hydrogen (secondary N) is 2. The highest BCUT2D eigenvalue weighted by molar-refractivity contribution is 5.74. The lowest BCUT2D eigenvalue weighted by atomic mass is 10.2. The van der Waals surface area contributed by atoms with E-state index < -0.39 is 0 Å². The highest BCUT2D eigenvalue weighted by atomic mass is 16.2. The number of hydrogen-bond acceptors (Lipinski definition) is 3. The summed E-state index contributed by atoms with van der Waals surface area (Å²) in [5.74, 6) is 0.720. The van der Waals surface area contributed by atoms with Crippen LogP contribution in [0.25, 0.3) is 0 Å². The van der Waals surface area contributed by atoms with E-state index in [9.17, 15) is 4.79 Å². The van der Waals surface area contributed by atoms with E-state index in [1.807, 2.05) is 0 Å². The van der Waals surface area contributed by atoms with Crippen LogP contribution in [0.2, 0.25) is 0 Å². The zero-order chi connectivity index (χ0) is 15.1. The minimum absolute atomic E-state index is 0.00552. The second-order valence-electron chi connectivity index (χ2n) is 6.51. The van der Waals surface area contributed by atoms with Gasteiger partial charge in [-0.25, -0.2) is 4.79 Å². The van der Waals surface area contributed by atoms with Gasteiger partial charge in [0, 0.05) is 38.8 Å². The lowest BCUT2D eigenvalue weighted by Gasteiger charge is -2.33. The van der Waals surface area contributed by atoms with E-state index in [2.05, 4.69) is 34.3 Å². The first-order valence-electron chi connectivity index (χ1n) is 8.68. The van der Waals surface area contributed by atoms with Crippen molar-refractivity contribution >= 4 is 6.03 Å². The molecular formula is C16H32N4O. The molecule has 0 aromatic heterocycles. The van der Waals surface area contributed by atoms with Gasteiger partial charge in [0.2, 0.25) is 0 Å². The minimum atomic E-state index is 0.00552. The molecule has 5 heteroatoms. The molecule has 1 atom stereocenters. The zero-order valence-corrected chi connectivity index (χ0v) is 13.7. The number of likely N-dealkylation sites (N-methyl/N-ethyl adjacent to an activating group) is 1. The molecule has 1 saturated carbocycles. The number of unbranched alkanes of at least 4 members (excludes halogenated alkanes) is 1. The summed E-state index contributed by atoms with van der Waals surface area (Å²) < 4.78 is 0. The summed E-state index contributed by atoms with van der Waals surface area (Å²) in [4.78, 5) is 16.7. The Hall–Kier alpha value is -0.810. The molecule has 1 unspecified atom stereocenters. The Morgan fingerprint density at radius 2 is 1.81 bits per heavy atom. The highest BCUT2D eigenvalue weighted by Crippen LogP contribution is 2.32. The Labute approximate surface area is 129 Å². The van der Waals surface area contributed by atoms with E-state index in [1.54, 1.807) is 0 Å². The fourth-order valence-electron chi connectivity index (χ4n) is 2.96. The van der Waals surface area contributed by atoms with Gasteiger partial charge in [-0.3, -0.25) is 0 Å². The molecule has 21 heavy (non-hydrogen) atoms. The van der Waals surface area contributed by atoms with Crippen molar-refractivity contribution in [1.29, 1.82) is 0 Å². The van der Waals surface area contributed by atoms with Crippen LogP contribution in [0.4, 0.5) is 4.79 Å². The second kappa shape index (κ2) is 8.59. The van der Waals surface area contributed by atoms with Gasteiger partial charge in [0.15, 0.2) is 0 Å². The molecule has 0 spiro atoms. The van der Waals surface area contributed by atoms with Crippen molar-refractivity contribution in [2.24, 2.45) is 5.92 Å². The monoisotopic (exact) mass is 296 g/mol. The summed E-state index contributed by atoms with van der Waals surface area (Å²) in [6.45, 7) is 12.3. The molecule has 2 rings (SSSR count). The normalized spacial score (nSPS) is 22.0. The average molecular weight is 296 g/mol. The fourth-order valence-corrected chi connectivity index (χ4v) is 2.96. The van der Waals surface area contributed by atoms with Crippen LogP contribution < -0.4 is 10.6 Å². The number of hydrogen-bond donors (Lipinski definition) is 2. The summed E-state index contributed by atoms with van der Waals surface area (Å²) in [7, 11) is 0. The van der Waals surface area contributed by atoms with E-state index in [1.165, 1.54) is 58.5 Å². The first-order chi connectivity index (χ1) is 10.2. The molecular weight excluding hydrogens is 264 g/mol. The maximum atomic E-state index is 11.7. The van der Waals surface area contributed by atoms with Crippen molar-refractivity contribution in [2.75, 3.05) is 45.8 Å². The first kappa shape index (κ1) is 16.6. The quantitative estimate of drug-likeness (QED) is 0.667. The maximum Gasteiger partial charge on any atom is 0.315 e. The van der Waals surface area contributed by atoms with Crippen LogP contribution in [0.15, 0.2) is 0 Å². The lowest BCUT2D eigenvalue weighted by Crippen LogP contribution is -2.46. The van der Waals surface area contributed by atoms with Gasteiger partial charge in [-0.2, -0.15) is 0 Å². The molecule has 0 bridgehead atoms. The standard InChI is InChI=1S/C16H32N4O/c1-3-19-10-12-20(13-11-19)9-5-4-8-17-16(21)18-14(2)15-6-7-15/h14-15H,3-13H2,1-2H3,(H2,17,18,21). The molecule has 0 aromatic carbocycles. The van der Waals surface area contributed by atoms with Gasteiger partial charge in [0.25, 0.3) is 0 Å². The smallest absolute Gasteiger partial charge is 0.315 e. The van der Waals surface area contributed by atoms with Gasteiger partial charge >= 0.3 is 6.03 Å². The van der Waals surface area contributed by atoms with Crippen molar-refractivity contribution in [3.8, 4) is 0 Å². The van der Waals surface area contributed by atoms with Crippen LogP contribution in [-0.4, -0.2) is 67.7 Å². The van der Waals surface area contributed by atoms with Gasteiger partial charge in [-0.1, -0.05) is 6.92 Å². The summed E-state index contributed by atoms with van der Waals surface area (Å²) in [5.41, 5.74) is 0. The van der Waals surface area contributed by atoms with E-state index >= 15 is 0 Å². The molecule has 0 radical (unpaired) electrons. The molecule has 5 nitrogen and oxygen atoms in total. The first-order valence-corrected chi connectivity index (χ1v) is 8.68. The average Bonchev–Trinajstić information content (AvgIpc) is 3.32. The summed E-state index contributed by atoms with van der Waals surface area (Å²) in [6.07, 6.45) is 4.78. The van der Waals surface area contributed by atoms with Crippen LogP contribution in [0.3, 0.4) is 0 Å². The Morgan fingerprint density at radius 3 is 2.43 bits per heavy atom. The van der Waals surface area contributed by atoms with Gasteiger partial charge in [-0.15, -0.1) is 0 Å². The lowest BCUT2D eigenvalue weighted by molar-refractivity contribution is 0.135. The van der Waals surface area contributed by atoms with Crippen LogP contribution in [0, 0.1) is 5.92 Å². The van der Waals surface area contributed by atoms with Crippen molar-refractivity contribution < 1.29 is 4.79 Å². The molecule has 2 N–H and O–H groups in total. The number of rotatable bonds is 8. The van der Waals surface area contributed by atoms with Gasteiger partial charge in [-0.05, 0) is 51.6 Å². The second-order valence-corrected chi connectivity index (χ2v) is 6.51.